The topological polar surface area (TPSA) is 12.4 Å². The van der Waals surface area contributed by atoms with Crippen molar-refractivity contribution in [2.75, 3.05) is 0 Å². The molecule has 0 bridgehead atoms. The zero-order chi connectivity index (χ0) is 16.7. The maximum absolute atomic E-state index is 4.65. The second-order valence-corrected chi connectivity index (χ2v) is 7.17. The van der Waals surface area contributed by atoms with Crippen LogP contribution in [0.25, 0.3) is 11.1 Å². The molecule has 1 nitrogen and oxygen atoms in total. The van der Waals surface area contributed by atoms with E-state index in [9.17, 15) is 0 Å². The van der Waals surface area contributed by atoms with Crippen molar-refractivity contribution in [1.29, 1.82) is 0 Å². The van der Waals surface area contributed by atoms with Gasteiger partial charge in [-0.1, -0.05) is 62.4 Å². The number of nitrogens with zero attached hydrogens (tertiary/aromatic N) is 1. The Morgan fingerprint density at radius 3 is 2.71 bits per heavy atom. The summed E-state index contributed by atoms with van der Waals surface area (Å²) in [7, 11) is 0. The molecular weight excluding hydrogens is 290 g/mol. The molecule has 2 aliphatic rings. The Bertz CT molecular complexity index is 881. The fraction of sp³-hybridized carbons (Fsp3) is 0.261. The smallest absolute Gasteiger partial charge is 0.0670 e. The van der Waals surface area contributed by atoms with E-state index in [0.29, 0.717) is 11.8 Å². The summed E-state index contributed by atoms with van der Waals surface area (Å²) in [4.78, 5) is 4.65. The zero-order valence-corrected chi connectivity index (χ0v) is 14.6. The van der Waals surface area contributed by atoms with Gasteiger partial charge in [-0.2, -0.15) is 0 Å². The van der Waals surface area contributed by atoms with Gasteiger partial charge in [0.1, 0.15) is 0 Å². The predicted octanol–water partition coefficient (Wildman–Crippen LogP) is 6.32. The Balaban J connectivity index is 1.65. The SMILES string of the molecule is Cc1ccccc1C1=CC(c2ccc3c(c2)N=CC3C(C)C)=CC1. The minimum atomic E-state index is 0.463. The Hall–Kier alpha value is -2.41. The first kappa shape index (κ1) is 15.1. The van der Waals surface area contributed by atoms with Gasteiger partial charge in [0.2, 0.25) is 0 Å². The Labute approximate surface area is 144 Å². The monoisotopic (exact) mass is 313 g/mol. The first-order valence-corrected chi connectivity index (χ1v) is 8.79. The fourth-order valence-corrected chi connectivity index (χ4v) is 3.74. The molecule has 0 fully saturated rings. The molecule has 2 aromatic rings. The lowest BCUT2D eigenvalue weighted by Crippen LogP contribution is -2.04. The van der Waals surface area contributed by atoms with Crippen LogP contribution >= 0.6 is 0 Å². The lowest BCUT2D eigenvalue weighted by Gasteiger charge is -2.13. The highest BCUT2D eigenvalue weighted by atomic mass is 14.8. The molecule has 1 aliphatic heterocycles. The van der Waals surface area contributed by atoms with E-state index >= 15 is 0 Å². The Morgan fingerprint density at radius 2 is 1.92 bits per heavy atom. The number of benzene rings is 2. The van der Waals surface area contributed by atoms with Crippen LogP contribution in [0.2, 0.25) is 0 Å². The third-order valence-corrected chi connectivity index (χ3v) is 5.18. The van der Waals surface area contributed by atoms with Crippen LogP contribution in [-0.4, -0.2) is 6.21 Å². The summed E-state index contributed by atoms with van der Waals surface area (Å²) < 4.78 is 0. The van der Waals surface area contributed by atoms with Crippen LogP contribution in [0.3, 0.4) is 0 Å². The standard InChI is InChI=1S/C23H23N/c1-15(2)22-14-24-23-13-18(10-11-21(22)23)17-8-9-19(12-17)20-7-5-4-6-16(20)3/h4-8,10-15,22H,9H2,1-3H3. The van der Waals surface area contributed by atoms with Crippen molar-refractivity contribution in [2.45, 2.75) is 33.1 Å². The summed E-state index contributed by atoms with van der Waals surface area (Å²) in [6, 6.07) is 15.4. The lowest BCUT2D eigenvalue weighted by atomic mass is 9.89. The van der Waals surface area contributed by atoms with Gasteiger partial charge in [0.05, 0.1) is 5.69 Å². The van der Waals surface area contributed by atoms with E-state index in [0.717, 1.165) is 12.1 Å². The third kappa shape index (κ3) is 2.54. The van der Waals surface area contributed by atoms with E-state index in [4.69, 9.17) is 0 Å². The van der Waals surface area contributed by atoms with Gasteiger partial charge in [-0.05, 0) is 58.7 Å². The van der Waals surface area contributed by atoms with E-state index in [2.05, 4.69) is 86.6 Å². The van der Waals surface area contributed by atoms with Crippen molar-refractivity contribution in [3.63, 3.8) is 0 Å². The molecule has 120 valence electrons. The normalized spacial score (nSPS) is 18.8. The number of allylic oxidation sites excluding steroid dienone is 4. The van der Waals surface area contributed by atoms with E-state index in [1.807, 2.05) is 0 Å². The maximum atomic E-state index is 4.65. The molecule has 0 amide bonds. The van der Waals surface area contributed by atoms with Crippen LogP contribution in [-0.2, 0) is 0 Å². The van der Waals surface area contributed by atoms with Crippen molar-refractivity contribution in [1.82, 2.24) is 0 Å². The average Bonchev–Trinajstić information content (AvgIpc) is 3.21. The molecule has 0 spiro atoms. The molecular formula is C23H23N. The highest BCUT2D eigenvalue weighted by molar-refractivity contribution is 5.91. The molecule has 1 heterocycles. The molecule has 0 aromatic heterocycles. The van der Waals surface area contributed by atoms with Crippen molar-refractivity contribution in [3.05, 3.63) is 76.9 Å². The Kier molecular flexibility index (Phi) is 3.72. The van der Waals surface area contributed by atoms with Crippen LogP contribution in [0.1, 0.15) is 48.4 Å². The summed E-state index contributed by atoms with van der Waals surface area (Å²) in [5.74, 6) is 1.06. The van der Waals surface area contributed by atoms with Crippen LogP contribution < -0.4 is 0 Å². The second-order valence-electron chi connectivity index (χ2n) is 7.17. The lowest BCUT2D eigenvalue weighted by molar-refractivity contribution is 0.617. The quantitative estimate of drug-likeness (QED) is 0.628. The van der Waals surface area contributed by atoms with Gasteiger partial charge in [-0.15, -0.1) is 0 Å². The number of hydrogen-bond donors (Lipinski definition) is 0. The number of rotatable bonds is 3. The molecule has 1 heteroatoms. The van der Waals surface area contributed by atoms with Crippen molar-refractivity contribution in [3.8, 4) is 0 Å². The number of hydrogen-bond acceptors (Lipinski definition) is 1. The first-order chi connectivity index (χ1) is 11.6. The zero-order valence-electron chi connectivity index (χ0n) is 14.6. The highest BCUT2D eigenvalue weighted by Crippen LogP contribution is 2.40. The molecule has 24 heavy (non-hydrogen) atoms. The summed E-state index contributed by atoms with van der Waals surface area (Å²) in [5, 5.41) is 0. The fourth-order valence-electron chi connectivity index (χ4n) is 3.74. The molecule has 0 saturated heterocycles. The van der Waals surface area contributed by atoms with E-state index in [-0.39, 0.29) is 0 Å². The Morgan fingerprint density at radius 1 is 1.08 bits per heavy atom. The largest absolute Gasteiger partial charge is 0.260 e. The maximum Gasteiger partial charge on any atom is 0.0670 e. The molecule has 0 radical (unpaired) electrons. The number of aliphatic imine (C=N–C) groups is 1. The molecule has 1 unspecified atom stereocenters. The summed E-state index contributed by atoms with van der Waals surface area (Å²) in [6.45, 7) is 6.71. The van der Waals surface area contributed by atoms with Gasteiger partial charge < -0.3 is 0 Å². The van der Waals surface area contributed by atoms with Crippen molar-refractivity contribution < 1.29 is 0 Å². The average molecular weight is 313 g/mol. The number of aryl methyl sites for hydroxylation is 1. The van der Waals surface area contributed by atoms with Gasteiger partial charge in [0.15, 0.2) is 0 Å². The van der Waals surface area contributed by atoms with Crippen molar-refractivity contribution in [2.24, 2.45) is 10.9 Å². The first-order valence-electron chi connectivity index (χ1n) is 8.79. The minimum absolute atomic E-state index is 0.463. The van der Waals surface area contributed by atoms with E-state index in [1.165, 1.54) is 33.4 Å². The highest BCUT2D eigenvalue weighted by Gasteiger charge is 2.22. The minimum Gasteiger partial charge on any atom is -0.260 e. The van der Waals surface area contributed by atoms with E-state index < -0.39 is 0 Å². The van der Waals surface area contributed by atoms with Crippen LogP contribution in [0.4, 0.5) is 5.69 Å². The molecule has 2 aromatic carbocycles. The van der Waals surface area contributed by atoms with Gasteiger partial charge in [0.25, 0.3) is 0 Å². The van der Waals surface area contributed by atoms with E-state index in [1.54, 1.807) is 0 Å². The summed E-state index contributed by atoms with van der Waals surface area (Å²) >= 11 is 0. The molecule has 0 N–H and O–H groups in total. The second kappa shape index (κ2) is 5.90. The van der Waals surface area contributed by atoms with Crippen LogP contribution in [0.5, 0.6) is 0 Å². The predicted molar refractivity (Wildman–Crippen MR) is 104 cm³/mol. The molecule has 1 atom stereocenters. The van der Waals surface area contributed by atoms with Gasteiger partial charge in [0, 0.05) is 12.1 Å². The number of fused-ring (bicyclic) bond motifs is 1. The van der Waals surface area contributed by atoms with Crippen LogP contribution in [0.15, 0.2) is 59.6 Å². The van der Waals surface area contributed by atoms with Crippen LogP contribution in [0, 0.1) is 12.8 Å². The molecule has 0 saturated carbocycles. The van der Waals surface area contributed by atoms with Gasteiger partial charge in [-0.25, -0.2) is 0 Å². The molecule has 4 rings (SSSR count). The van der Waals surface area contributed by atoms with Gasteiger partial charge in [-0.3, -0.25) is 4.99 Å². The third-order valence-electron chi connectivity index (χ3n) is 5.18. The summed E-state index contributed by atoms with van der Waals surface area (Å²) in [5.41, 5.74) is 9.23. The van der Waals surface area contributed by atoms with Crippen molar-refractivity contribution >= 4 is 23.0 Å². The van der Waals surface area contributed by atoms with Gasteiger partial charge >= 0.3 is 0 Å². The molecule has 1 aliphatic carbocycles. The summed E-state index contributed by atoms with van der Waals surface area (Å²) in [6.07, 6.45) is 7.79.